The van der Waals surface area contributed by atoms with Gasteiger partial charge in [0, 0.05) is 25.1 Å². The van der Waals surface area contributed by atoms with Gasteiger partial charge in [-0.25, -0.2) is 8.42 Å². The van der Waals surface area contributed by atoms with E-state index in [9.17, 15) is 18.0 Å². The zero-order valence-corrected chi connectivity index (χ0v) is 19.6. The van der Waals surface area contributed by atoms with Crippen LogP contribution in [0.15, 0.2) is 41.3 Å². The minimum atomic E-state index is -3.79. The zero-order valence-electron chi connectivity index (χ0n) is 18.8. The summed E-state index contributed by atoms with van der Waals surface area (Å²) in [6, 6.07) is 10.2. The van der Waals surface area contributed by atoms with Gasteiger partial charge < -0.3 is 20.1 Å². The molecule has 0 bridgehead atoms. The van der Waals surface area contributed by atoms with Gasteiger partial charge in [0.25, 0.3) is 5.91 Å². The Kier molecular flexibility index (Phi) is 6.31. The number of hydrogen-bond donors (Lipinski definition) is 2. The normalized spacial score (nSPS) is 19.2. The summed E-state index contributed by atoms with van der Waals surface area (Å²) in [4.78, 5) is 24.7. The van der Waals surface area contributed by atoms with Crippen LogP contribution in [-0.2, 0) is 19.6 Å². The third-order valence-electron chi connectivity index (χ3n) is 6.02. The van der Waals surface area contributed by atoms with Crippen LogP contribution in [0.2, 0.25) is 0 Å². The lowest BCUT2D eigenvalue weighted by atomic mass is 9.97. The highest BCUT2D eigenvalue weighted by atomic mass is 32.2. The highest BCUT2D eigenvalue weighted by Gasteiger charge is 2.34. The van der Waals surface area contributed by atoms with Gasteiger partial charge in [-0.1, -0.05) is 12.1 Å². The topological polar surface area (TPSA) is 114 Å². The molecule has 2 aromatic rings. The Labute approximate surface area is 193 Å². The minimum absolute atomic E-state index is 0.140. The number of carbonyl (C=O) groups excluding carboxylic acids is 2. The van der Waals surface area contributed by atoms with Crippen LogP contribution in [-0.4, -0.2) is 50.8 Å². The van der Waals surface area contributed by atoms with E-state index in [-0.39, 0.29) is 35.7 Å². The van der Waals surface area contributed by atoms with Crippen LogP contribution in [0.25, 0.3) is 0 Å². The first-order valence-corrected chi connectivity index (χ1v) is 12.2. The molecule has 0 radical (unpaired) electrons. The molecule has 1 unspecified atom stereocenters. The molecule has 1 atom stereocenters. The Bertz CT molecular complexity index is 1190. The van der Waals surface area contributed by atoms with Crippen LogP contribution >= 0.6 is 0 Å². The summed E-state index contributed by atoms with van der Waals surface area (Å²) in [5, 5.41) is 5.61. The second-order valence-electron chi connectivity index (χ2n) is 8.23. The van der Waals surface area contributed by atoms with Gasteiger partial charge in [-0.05, 0) is 50.5 Å². The lowest BCUT2D eigenvalue weighted by Crippen LogP contribution is -2.41. The van der Waals surface area contributed by atoms with Gasteiger partial charge >= 0.3 is 0 Å². The summed E-state index contributed by atoms with van der Waals surface area (Å²) >= 11 is 0. The summed E-state index contributed by atoms with van der Waals surface area (Å²) in [7, 11) is -2.25. The Morgan fingerprint density at radius 1 is 1.21 bits per heavy atom. The van der Waals surface area contributed by atoms with Crippen molar-refractivity contribution >= 4 is 33.2 Å². The zero-order chi connectivity index (χ0) is 23.8. The first-order valence-electron chi connectivity index (χ1n) is 10.8. The molecule has 2 heterocycles. The van der Waals surface area contributed by atoms with E-state index in [0.29, 0.717) is 41.3 Å². The van der Waals surface area contributed by atoms with E-state index in [1.165, 1.54) is 17.5 Å². The molecule has 0 aromatic heterocycles. The lowest BCUT2D eigenvalue weighted by molar-refractivity contribution is -0.123. The number of hydrogen-bond acceptors (Lipinski definition) is 6. The first kappa shape index (κ1) is 23.1. The van der Waals surface area contributed by atoms with Crippen molar-refractivity contribution in [2.75, 3.05) is 30.8 Å². The number of rotatable bonds is 5. The summed E-state index contributed by atoms with van der Waals surface area (Å²) in [6.45, 7) is 3.76. The second kappa shape index (κ2) is 9.03. The van der Waals surface area contributed by atoms with E-state index in [1.54, 1.807) is 32.0 Å². The molecule has 1 fully saturated rings. The number of anilines is 2. The molecular formula is C23H27N3O6S. The van der Waals surface area contributed by atoms with E-state index in [2.05, 4.69) is 10.6 Å². The number of amides is 2. The SMILES string of the molecule is COc1ccccc1NC(=O)C1CCN(S(=O)(=O)c2cc3c(cc2C)NC(=O)C(C)O3)CC1. The molecule has 0 spiro atoms. The maximum absolute atomic E-state index is 13.4. The monoisotopic (exact) mass is 473 g/mol. The van der Waals surface area contributed by atoms with Crippen molar-refractivity contribution in [3.8, 4) is 11.5 Å². The maximum Gasteiger partial charge on any atom is 0.265 e. The van der Waals surface area contributed by atoms with Gasteiger partial charge in [0.15, 0.2) is 6.10 Å². The first-order chi connectivity index (χ1) is 15.7. The molecule has 33 heavy (non-hydrogen) atoms. The maximum atomic E-state index is 13.4. The summed E-state index contributed by atoms with van der Waals surface area (Å²) in [5.41, 5.74) is 1.57. The highest BCUT2D eigenvalue weighted by Crippen LogP contribution is 2.36. The number of fused-ring (bicyclic) bond motifs is 1. The van der Waals surface area contributed by atoms with E-state index in [4.69, 9.17) is 9.47 Å². The predicted molar refractivity (Wildman–Crippen MR) is 123 cm³/mol. The smallest absolute Gasteiger partial charge is 0.265 e. The number of benzene rings is 2. The van der Waals surface area contributed by atoms with Crippen LogP contribution in [0.5, 0.6) is 11.5 Å². The fourth-order valence-electron chi connectivity index (χ4n) is 4.10. The molecule has 2 aliphatic heterocycles. The van der Waals surface area contributed by atoms with Crippen LogP contribution in [0, 0.1) is 12.8 Å². The molecule has 2 amide bonds. The molecule has 10 heteroatoms. The van der Waals surface area contributed by atoms with E-state index < -0.39 is 16.1 Å². The molecule has 0 aliphatic carbocycles. The Morgan fingerprint density at radius 3 is 2.61 bits per heavy atom. The molecule has 4 rings (SSSR count). The molecule has 9 nitrogen and oxygen atoms in total. The summed E-state index contributed by atoms with van der Waals surface area (Å²) < 4.78 is 39.0. The Morgan fingerprint density at radius 2 is 1.91 bits per heavy atom. The molecule has 2 N–H and O–H groups in total. The predicted octanol–water partition coefficient (Wildman–Crippen LogP) is 2.76. The van der Waals surface area contributed by atoms with Crippen LogP contribution in [0.4, 0.5) is 11.4 Å². The molecule has 2 aromatic carbocycles. The Balaban J connectivity index is 1.46. The van der Waals surface area contributed by atoms with Crippen molar-refractivity contribution in [2.45, 2.75) is 37.7 Å². The number of piperidine rings is 1. The average molecular weight is 474 g/mol. The Hall–Kier alpha value is -3.11. The third kappa shape index (κ3) is 4.53. The molecule has 1 saturated heterocycles. The minimum Gasteiger partial charge on any atom is -0.495 e. The van der Waals surface area contributed by atoms with Crippen molar-refractivity contribution < 1.29 is 27.5 Å². The number of sulfonamides is 1. The van der Waals surface area contributed by atoms with Crippen molar-refractivity contribution in [1.29, 1.82) is 0 Å². The van der Waals surface area contributed by atoms with E-state index in [1.807, 2.05) is 12.1 Å². The summed E-state index contributed by atoms with van der Waals surface area (Å²) in [6.07, 6.45) is 0.120. The molecule has 176 valence electrons. The van der Waals surface area contributed by atoms with Gasteiger partial charge in [-0.15, -0.1) is 0 Å². The van der Waals surface area contributed by atoms with E-state index in [0.717, 1.165) is 0 Å². The van der Waals surface area contributed by atoms with Gasteiger partial charge in [0.05, 0.1) is 23.4 Å². The van der Waals surface area contributed by atoms with Crippen molar-refractivity contribution in [2.24, 2.45) is 5.92 Å². The van der Waals surface area contributed by atoms with Crippen LogP contribution < -0.4 is 20.1 Å². The van der Waals surface area contributed by atoms with Gasteiger partial charge in [0.1, 0.15) is 11.5 Å². The molecule has 2 aliphatic rings. The molecular weight excluding hydrogens is 446 g/mol. The van der Waals surface area contributed by atoms with E-state index >= 15 is 0 Å². The highest BCUT2D eigenvalue weighted by molar-refractivity contribution is 7.89. The third-order valence-corrected chi connectivity index (χ3v) is 8.06. The average Bonchev–Trinajstić information content (AvgIpc) is 2.80. The van der Waals surface area contributed by atoms with Crippen LogP contribution in [0.1, 0.15) is 25.3 Å². The fraction of sp³-hybridized carbons (Fsp3) is 0.391. The van der Waals surface area contributed by atoms with Gasteiger partial charge in [0.2, 0.25) is 15.9 Å². The second-order valence-corrected chi connectivity index (χ2v) is 10.1. The number of methoxy groups -OCH3 is 1. The van der Waals surface area contributed by atoms with Gasteiger partial charge in [-0.3, -0.25) is 9.59 Å². The number of nitrogens with one attached hydrogen (secondary N) is 2. The lowest BCUT2D eigenvalue weighted by Gasteiger charge is -2.31. The number of carbonyl (C=O) groups is 2. The number of nitrogens with zero attached hydrogens (tertiary/aromatic N) is 1. The number of para-hydroxylation sites is 2. The number of ether oxygens (including phenoxy) is 2. The summed E-state index contributed by atoms with van der Waals surface area (Å²) in [5.74, 6) is 0.176. The quantitative estimate of drug-likeness (QED) is 0.690. The van der Waals surface area contributed by atoms with Crippen molar-refractivity contribution in [3.63, 3.8) is 0 Å². The number of aryl methyl sites for hydroxylation is 1. The standard InChI is InChI=1S/C23H27N3O6S/c1-14-12-18-20(32-15(2)22(27)25-18)13-21(14)33(29,30)26-10-8-16(9-11-26)23(28)24-17-6-4-5-7-19(17)31-3/h4-7,12-13,15-16H,8-11H2,1-3H3,(H,24,28)(H,25,27). The van der Waals surface area contributed by atoms with Crippen molar-refractivity contribution in [1.82, 2.24) is 4.31 Å². The van der Waals surface area contributed by atoms with Crippen molar-refractivity contribution in [3.05, 3.63) is 42.0 Å². The fourth-order valence-corrected chi connectivity index (χ4v) is 5.79. The largest absolute Gasteiger partial charge is 0.495 e. The molecule has 0 saturated carbocycles. The van der Waals surface area contributed by atoms with Gasteiger partial charge in [-0.2, -0.15) is 4.31 Å². The van der Waals surface area contributed by atoms with Crippen LogP contribution in [0.3, 0.4) is 0 Å².